The number of nitrogens with one attached hydrogen (secondary N) is 1. The molecule has 2 N–H and O–H groups in total. The Morgan fingerprint density at radius 1 is 1.62 bits per heavy atom. The topological polar surface area (TPSA) is 32.3 Å². The molecule has 0 aromatic carbocycles. The van der Waals surface area contributed by atoms with Crippen molar-refractivity contribution < 1.29 is 5.11 Å². The molecular formula is C10H17NOS. The molecule has 1 aromatic heterocycles. The predicted molar refractivity (Wildman–Crippen MR) is 57.1 cm³/mol. The molecule has 0 saturated heterocycles. The summed E-state index contributed by atoms with van der Waals surface area (Å²) in [5.41, 5.74) is 1.42. The van der Waals surface area contributed by atoms with Gasteiger partial charge in [-0.05, 0) is 30.4 Å². The number of aliphatic hydroxyl groups excluding tert-OH is 1. The molecule has 13 heavy (non-hydrogen) atoms. The molecule has 0 aliphatic carbocycles. The van der Waals surface area contributed by atoms with Gasteiger partial charge in [-0.25, -0.2) is 0 Å². The molecule has 0 amide bonds. The summed E-state index contributed by atoms with van der Waals surface area (Å²) in [5.74, 6) is 0. The Hall–Kier alpha value is -0.380. The van der Waals surface area contributed by atoms with Crippen LogP contribution in [0.2, 0.25) is 0 Å². The first kappa shape index (κ1) is 10.7. The van der Waals surface area contributed by atoms with Gasteiger partial charge in [-0.3, -0.25) is 0 Å². The zero-order chi connectivity index (χ0) is 9.68. The monoisotopic (exact) mass is 199 g/mol. The highest BCUT2D eigenvalue weighted by molar-refractivity contribution is 7.10. The fourth-order valence-corrected chi connectivity index (χ4v) is 2.10. The van der Waals surface area contributed by atoms with E-state index in [-0.39, 0.29) is 12.6 Å². The molecule has 1 unspecified atom stereocenters. The third kappa shape index (κ3) is 3.10. The van der Waals surface area contributed by atoms with Crippen LogP contribution in [0, 0.1) is 0 Å². The Bertz CT molecular complexity index is 247. The van der Waals surface area contributed by atoms with E-state index in [1.165, 1.54) is 10.4 Å². The quantitative estimate of drug-likeness (QED) is 0.757. The minimum Gasteiger partial charge on any atom is -0.395 e. The zero-order valence-electron chi connectivity index (χ0n) is 8.21. The lowest BCUT2D eigenvalue weighted by Gasteiger charge is -2.10. The molecule has 0 radical (unpaired) electrons. The fraction of sp³-hybridized carbons (Fsp3) is 0.600. The van der Waals surface area contributed by atoms with Crippen LogP contribution in [-0.2, 0) is 13.0 Å². The molecule has 0 spiro atoms. The van der Waals surface area contributed by atoms with Gasteiger partial charge in [0.05, 0.1) is 6.61 Å². The Balaban J connectivity index is 2.44. The normalized spacial score (nSPS) is 13.2. The van der Waals surface area contributed by atoms with Crippen LogP contribution < -0.4 is 5.32 Å². The van der Waals surface area contributed by atoms with E-state index >= 15 is 0 Å². The molecule has 0 saturated carbocycles. The summed E-state index contributed by atoms with van der Waals surface area (Å²) in [4.78, 5) is 1.39. The first-order valence-electron chi connectivity index (χ1n) is 4.67. The van der Waals surface area contributed by atoms with Crippen molar-refractivity contribution in [2.45, 2.75) is 32.9 Å². The Morgan fingerprint density at radius 3 is 3.00 bits per heavy atom. The lowest BCUT2D eigenvalue weighted by molar-refractivity contribution is 0.251. The van der Waals surface area contributed by atoms with Crippen LogP contribution in [0.25, 0.3) is 0 Å². The Kier molecular flexibility index (Phi) is 4.42. The second-order valence-corrected chi connectivity index (χ2v) is 4.19. The highest BCUT2D eigenvalue weighted by Crippen LogP contribution is 2.16. The number of rotatable bonds is 5. The molecule has 3 heteroatoms. The van der Waals surface area contributed by atoms with Crippen molar-refractivity contribution in [2.24, 2.45) is 0 Å². The molecule has 0 aliphatic heterocycles. The second-order valence-electron chi connectivity index (χ2n) is 3.19. The van der Waals surface area contributed by atoms with E-state index < -0.39 is 0 Å². The van der Waals surface area contributed by atoms with Crippen LogP contribution in [0.3, 0.4) is 0 Å². The molecular weight excluding hydrogens is 182 g/mol. The van der Waals surface area contributed by atoms with Gasteiger partial charge in [0.2, 0.25) is 0 Å². The van der Waals surface area contributed by atoms with E-state index in [1.807, 2.05) is 6.92 Å². The largest absolute Gasteiger partial charge is 0.395 e. The van der Waals surface area contributed by atoms with Crippen molar-refractivity contribution in [3.05, 3.63) is 21.9 Å². The van der Waals surface area contributed by atoms with Crippen molar-refractivity contribution in [2.75, 3.05) is 6.61 Å². The average Bonchev–Trinajstić information content (AvgIpc) is 2.61. The van der Waals surface area contributed by atoms with Crippen LogP contribution in [0.15, 0.2) is 11.4 Å². The molecule has 0 aliphatic rings. The summed E-state index contributed by atoms with van der Waals surface area (Å²) in [6, 6.07) is 2.36. The predicted octanol–water partition coefficient (Wildman–Crippen LogP) is 1.78. The molecule has 0 bridgehead atoms. The maximum Gasteiger partial charge on any atom is 0.0582 e. The average molecular weight is 199 g/mol. The van der Waals surface area contributed by atoms with Gasteiger partial charge in [0.1, 0.15) is 0 Å². The van der Waals surface area contributed by atoms with Crippen molar-refractivity contribution in [1.29, 1.82) is 0 Å². The number of aryl methyl sites for hydroxylation is 1. The van der Waals surface area contributed by atoms with E-state index in [0.717, 1.165) is 13.0 Å². The highest BCUT2D eigenvalue weighted by atomic mass is 32.1. The van der Waals surface area contributed by atoms with Gasteiger partial charge in [-0.15, -0.1) is 11.3 Å². The standard InChI is InChI=1S/C10H17NOS/c1-3-9-4-5-13-10(9)6-11-8(2)7-12/h4-5,8,11-12H,3,6-7H2,1-2H3. The summed E-state index contributed by atoms with van der Waals surface area (Å²) in [7, 11) is 0. The van der Waals surface area contributed by atoms with Crippen LogP contribution in [0.4, 0.5) is 0 Å². The summed E-state index contributed by atoms with van der Waals surface area (Å²) >= 11 is 1.78. The number of hydrogen-bond donors (Lipinski definition) is 2. The fourth-order valence-electron chi connectivity index (χ4n) is 1.17. The lowest BCUT2D eigenvalue weighted by Crippen LogP contribution is -2.28. The van der Waals surface area contributed by atoms with E-state index in [1.54, 1.807) is 11.3 Å². The lowest BCUT2D eigenvalue weighted by atomic mass is 10.2. The highest BCUT2D eigenvalue weighted by Gasteiger charge is 2.03. The Morgan fingerprint density at radius 2 is 2.38 bits per heavy atom. The first-order chi connectivity index (χ1) is 6.27. The van der Waals surface area contributed by atoms with E-state index in [4.69, 9.17) is 5.11 Å². The summed E-state index contributed by atoms with van der Waals surface area (Å²) in [6.07, 6.45) is 1.09. The Labute approximate surface area is 83.6 Å². The summed E-state index contributed by atoms with van der Waals surface area (Å²) < 4.78 is 0. The van der Waals surface area contributed by atoms with Gasteiger partial charge in [-0.2, -0.15) is 0 Å². The van der Waals surface area contributed by atoms with Crippen molar-refractivity contribution in [3.8, 4) is 0 Å². The molecule has 1 rings (SSSR count). The van der Waals surface area contributed by atoms with Crippen LogP contribution in [0.5, 0.6) is 0 Å². The molecule has 1 aromatic rings. The maximum atomic E-state index is 8.83. The van der Waals surface area contributed by atoms with E-state index in [0.29, 0.717) is 0 Å². The summed E-state index contributed by atoms with van der Waals surface area (Å²) in [5, 5.41) is 14.2. The SMILES string of the molecule is CCc1ccsc1CNC(C)CO. The van der Waals surface area contributed by atoms with Crippen molar-refractivity contribution >= 4 is 11.3 Å². The molecule has 1 atom stereocenters. The smallest absolute Gasteiger partial charge is 0.0582 e. The van der Waals surface area contributed by atoms with Crippen molar-refractivity contribution in [3.63, 3.8) is 0 Å². The van der Waals surface area contributed by atoms with Gasteiger partial charge >= 0.3 is 0 Å². The second kappa shape index (κ2) is 5.37. The third-order valence-electron chi connectivity index (χ3n) is 2.10. The first-order valence-corrected chi connectivity index (χ1v) is 5.55. The maximum absolute atomic E-state index is 8.83. The summed E-state index contributed by atoms with van der Waals surface area (Å²) in [6.45, 7) is 5.23. The number of thiophene rings is 1. The van der Waals surface area contributed by atoms with Crippen LogP contribution in [-0.4, -0.2) is 17.8 Å². The van der Waals surface area contributed by atoms with Gasteiger partial charge < -0.3 is 10.4 Å². The van der Waals surface area contributed by atoms with Gasteiger partial charge in [-0.1, -0.05) is 6.92 Å². The third-order valence-corrected chi connectivity index (χ3v) is 3.07. The van der Waals surface area contributed by atoms with E-state index in [2.05, 4.69) is 23.7 Å². The number of aliphatic hydroxyl groups is 1. The van der Waals surface area contributed by atoms with Gasteiger partial charge in [0.25, 0.3) is 0 Å². The molecule has 0 fully saturated rings. The van der Waals surface area contributed by atoms with Gasteiger partial charge in [0.15, 0.2) is 0 Å². The van der Waals surface area contributed by atoms with Gasteiger partial charge in [0, 0.05) is 17.5 Å². The zero-order valence-corrected chi connectivity index (χ0v) is 9.03. The molecule has 2 nitrogen and oxygen atoms in total. The molecule has 1 heterocycles. The minimum absolute atomic E-state index is 0.187. The number of hydrogen-bond acceptors (Lipinski definition) is 3. The van der Waals surface area contributed by atoms with Crippen molar-refractivity contribution in [1.82, 2.24) is 5.32 Å². The van der Waals surface area contributed by atoms with Crippen LogP contribution in [0.1, 0.15) is 24.3 Å². The van der Waals surface area contributed by atoms with Crippen LogP contribution >= 0.6 is 11.3 Å². The molecule has 74 valence electrons. The minimum atomic E-state index is 0.187. The van der Waals surface area contributed by atoms with E-state index in [9.17, 15) is 0 Å².